The van der Waals surface area contributed by atoms with Crippen molar-refractivity contribution in [2.45, 2.75) is 25.6 Å². The molecule has 0 spiro atoms. The van der Waals surface area contributed by atoms with Gasteiger partial charge in [-0.15, -0.1) is 0 Å². The standard InChI is InChI=1S/C14H16F3N3/c1-9(18-2)6-12-8-13(20-19-12)10-4-3-5-11(7-10)14(15,16)17/h3-5,7-9,18H,6H2,1-2H3,(H,19,20). The molecular formula is C14H16F3N3. The van der Waals surface area contributed by atoms with Crippen LogP contribution >= 0.6 is 0 Å². The quantitative estimate of drug-likeness (QED) is 0.904. The van der Waals surface area contributed by atoms with Crippen molar-refractivity contribution in [2.24, 2.45) is 0 Å². The molecule has 1 aromatic carbocycles. The molecule has 1 unspecified atom stereocenters. The fraction of sp³-hybridized carbons (Fsp3) is 0.357. The molecule has 0 amide bonds. The first-order valence-electron chi connectivity index (χ1n) is 6.29. The van der Waals surface area contributed by atoms with Crippen LogP contribution in [0, 0.1) is 0 Å². The summed E-state index contributed by atoms with van der Waals surface area (Å²) in [6, 6.07) is 7.23. The summed E-state index contributed by atoms with van der Waals surface area (Å²) < 4.78 is 38.0. The van der Waals surface area contributed by atoms with Crippen LogP contribution in [-0.2, 0) is 12.6 Å². The molecule has 0 saturated carbocycles. The van der Waals surface area contributed by atoms with E-state index in [1.807, 2.05) is 14.0 Å². The zero-order valence-electron chi connectivity index (χ0n) is 11.3. The summed E-state index contributed by atoms with van der Waals surface area (Å²) in [5.41, 5.74) is 1.20. The van der Waals surface area contributed by atoms with E-state index < -0.39 is 11.7 Å². The Labute approximate surface area is 115 Å². The predicted octanol–water partition coefficient (Wildman–Crippen LogP) is 3.25. The summed E-state index contributed by atoms with van der Waals surface area (Å²) in [7, 11) is 1.86. The van der Waals surface area contributed by atoms with E-state index in [1.54, 1.807) is 12.1 Å². The number of H-pyrrole nitrogens is 1. The number of hydrogen-bond acceptors (Lipinski definition) is 2. The first-order valence-corrected chi connectivity index (χ1v) is 6.29. The first kappa shape index (κ1) is 14.6. The summed E-state index contributed by atoms with van der Waals surface area (Å²) in [6.07, 6.45) is -3.60. The maximum Gasteiger partial charge on any atom is 0.416 e. The predicted molar refractivity (Wildman–Crippen MR) is 71.3 cm³/mol. The fourth-order valence-corrected chi connectivity index (χ4v) is 1.90. The average molecular weight is 283 g/mol. The summed E-state index contributed by atoms with van der Waals surface area (Å²) in [6.45, 7) is 2.02. The van der Waals surface area contributed by atoms with Crippen LogP contribution in [0.3, 0.4) is 0 Å². The first-order chi connectivity index (χ1) is 9.40. The minimum Gasteiger partial charge on any atom is -0.317 e. The third-order valence-electron chi connectivity index (χ3n) is 3.14. The Kier molecular flexibility index (Phi) is 4.13. The van der Waals surface area contributed by atoms with Crippen molar-refractivity contribution in [3.8, 4) is 11.3 Å². The van der Waals surface area contributed by atoms with E-state index in [2.05, 4.69) is 15.5 Å². The van der Waals surface area contributed by atoms with E-state index >= 15 is 0 Å². The van der Waals surface area contributed by atoms with Gasteiger partial charge in [-0.3, -0.25) is 5.10 Å². The lowest BCUT2D eigenvalue weighted by molar-refractivity contribution is -0.137. The van der Waals surface area contributed by atoms with Gasteiger partial charge in [-0.1, -0.05) is 12.1 Å². The molecule has 0 saturated heterocycles. The molecule has 2 aromatic rings. The van der Waals surface area contributed by atoms with Gasteiger partial charge in [0.15, 0.2) is 0 Å². The minimum absolute atomic E-state index is 0.268. The van der Waals surface area contributed by atoms with Gasteiger partial charge in [0.25, 0.3) is 0 Å². The number of halogens is 3. The Balaban J connectivity index is 2.24. The molecule has 20 heavy (non-hydrogen) atoms. The number of benzene rings is 1. The third-order valence-corrected chi connectivity index (χ3v) is 3.14. The number of nitrogens with one attached hydrogen (secondary N) is 2. The summed E-state index contributed by atoms with van der Waals surface area (Å²) >= 11 is 0. The van der Waals surface area contributed by atoms with Gasteiger partial charge in [-0.05, 0) is 32.2 Å². The van der Waals surface area contributed by atoms with Crippen molar-refractivity contribution < 1.29 is 13.2 Å². The normalized spacial score (nSPS) is 13.4. The number of aromatic nitrogens is 2. The van der Waals surface area contributed by atoms with Crippen LogP contribution in [-0.4, -0.2) is 23.3 Å². The van der Waals surface area contributed by atoms with Crippen LogP contribution in [0.25, 0.3) is 11.3 Å². The summed E-state index contributed by atoms with van der Waals surface area (Å²) in [5.74, 6) is 0. The summed E-state index contributed by atoms with van der Waals surface area (Å²) in [5, 5.41) is 10.0. The lowest BCUT2D eigenvalue weighted by Gasteiger charge is -2.07. The maximum atomic E-state index is 12.7. The molecule has 1 aromatic heterocycles. The Hall–Kier alpha value is -1.82. The second-order valence-electron chi connectivity index (χ2n) is 4.75. The van der Waals surface area contributed by atoms with Gasteiger partial charge in [0.05, 0.1) is 11.3 Å². The smallest absolute Gasteiger partial charge is 0.317 e. The monoisotopic (exact) mass is 283 g/mol. The van der Waals surface area contributed by atoms with E-state index in [9.17, 15) is 13.2 Å². The van der Waals surface area contributed by atoms with Gasteiger partial charge < -0.3 is 5.32 Å². The van der Waals surface area contributed by atoms with E-state index in [0.717, 1.165) is 24.2 Å². The van der Waals surface area contributed by atoms with Crippen molar-refractivity contribution in [3.05, 3.63) is 41.6 Å². The molecule has 0 aliphatic rings. The van der Waals surface area contributed by atoms with Gasteiger partial charge in [0.1, 0.15) is 0 Å². The fourth-order valence-electron chi connectivity index (χ4n) is 1.90. The zero-order chi connectivity index (χ0) is 14.8. The number of likely N-dealkylation sites (N-methyl/N-ethyl adjacent to an activating group) is 1. The lowest BCUT2D eigenvalue weighted by Crippen LogP contribution is -2.23. The molecule has 3 nitrogen and oxygen atoms in total. The molecule has 6 heteroatoms. The number of alkyl halides is 3. The zero-order valence-corrected chi connectivity index (χ0v) is 11.3. The molecule has 0 bridgehead atoms. The van der Waals surface area contributed by atoms with Crippen LogP contribution in [0.2, 0.25) is 0 Å². The van der Waals surface area contributed by atoms with Gasteiger partial charge in [-0.2, -0.15) is 18.3 Å². The number of hydrogen-bond donors (Lipinski definition) is 2. The van der Waals surface area contributed by atoms with Gasteiger partial charge in [0.2, 0.25) is 0 Å². The van der Waals surface area contributed by atoms with Crippen LogP contribution in [0.4, 0.5) is 13.2 Å². The Morgan fingerprint density at radius 2 is 2.05 bits per heavy atom. The van der Waals surface area contributed by atoms with Crippen molar-refractivity contribution in [3.63, 3.8) is 0 Å². The van der Waals surface area contributed by atoms with Crippen molar-refractivity contribution in [1.82, 2.24) is 15.5 Å². The highest BCUT2D eigenvalue weighted by molar-refractivity contribution is 5.60. The highest BCUT2D eigenvalue weighted by Gasteiger charge is 2.30. The van der Waals surface area contributed by atoms with Crippen LogP contribution < -0.4 is 5.32 Å². The maximum absolute atomic E-state index is 12.7. The number of nitrogens with zero attached hydrogens (tertiary/aromatic N) is 1. The molecule has 0 aliphatic carbocycles. The van der Waals surface area contributed by atoms with Crippen LogP contribution in [0.15, 0.2) is 30.3 Å². The van der Waals surface area contributed by atoms with E-state index in [4.69, 9.17) is 0 Å². The highest BCUT2D eigenvalue weighted by atomic mass is 19.4. The number of rotatable bonds is 4. The second kappa shape index (κ2) is 5.66. The average Bonchev–Trinajstić information content (AvgIpc) is 2.86. The number of aromatic amines is 1. The van der Waals surface area contributed by atoms with Crippen LogP contribution in [0.1, 0.15) is 18.2 Å². The largest absolute Gasteiger partial charge is 0.416 e. The molecular weight excluding hydrogens is 267 g/mol. The Morgan fingerprint density at radius 3 is 2.70 bits per heavy atom. The van der Waals surface area contributed by atoms with Gasteiger partial charge >= 0.3 is 6.18 Å². The molecule has 1 atom stereocenters. The van der Waals surface area contributed by atoms with Gasteiger partial charge in [-0.25, -0.2) is 0 Å². The molecule has 0 fully saturated rings. The molecule has 2 rings (SSSR count). The van der Waals surface area contributed by atoms with Gasteiger partial charge in [0, 0.05) is 23.7 Å². The summed E-state index contributed by atoms with van der Waals surface area (Å²) in [4.78, 5) is 0. The molecule has 0 radical (unpaired) electrons. The van der Waals surface area contributed by atoms with E-state index in [-0.39, 0.29) is 6.04 Å². The van der Waals surface area contributed by atoms with E-state index in [1.165, 1.54) is 6.07 Å². The van der Waals surface area contributed by atoms with Crippen molar-refractivity contribution in [2.75, 3.05) is 7.05 Å². The van der Waals surface area contributed by atoms with Crippen LogP contribution in [0.5, 0.6) is 0 Å². The molecule has 1 heterocycles. The minimum atomic E-state index is -4.34. The Morgan fingerprint density at radius 1 is 1.30 bits per heavy atom. The lowest BCUT2D eigenvalue weighted by atomic mass is 10.1. The Bertz CT molecular complexity index is 575. The molecule has 2 N–H and O–H groups in total. The topological polar surface area (TPSA) is 40.7 Å². The molecule has 108 valence electrons. The third kappa shape index (κ3) is 3.39. The van der Waals surface area contributed by atoms with Crippen molar-refractivity contribution in [1.29, 1.82) is 0 Å². The highest BCUT2D eigenvalue weighted by Crippen LogP contribution is 2.31. The second-order valence-corrected chi connectivity index (χ2v) is 4.75. The SMILES string of the molecule is CNC(C)Cc1cc(-c2cccc(C(F)(F)F)c2)n[nH]1. The molecule has 0 aliphatic heterocycles. The van der Waals surface area contributed by atoms with E-state index in [0.29, 0.717) is 11.3 Å². The van der Waals surface area contributed by atoms with Crippen molar-refractivity contribution >= 4 is 0 Å².